The Bertz CT molecular complexity index is 320. The van der Waals surface area contributed by atoms with Gasteiger partial charge in [-0.3, -0.25) is 0 Å². The molecule has 1 aliphatic rings. The predicted molar refractivity (Wildman–Crippen MR) is 74.0 cm³/mol. The maximum Gasteiger partial charge on any atom is 0.0348 e. The summed E-state index contributed by atoms with van der Waals surface area (Å²) in [5, 5.41) is 3.69. The molecule has 1 aromatic rings. The molecule has 0 radical (unpaired) electrons. The standard InChI is InChI=1S/C16H25N/c1-3-17-16(14-9-5-4-6-10-14)15-11-7-8-13(2)12-15/h4-6,9-10,13,15-17H,3,7-8,11-12H2,1-2H3. The van der Waals surface area contributed by atoms with Gasteiger partial charge in [0, 0.05) is 6.04 Å². The number of hydrogen-bond donors (Lipinski definition) is 1. The first-order valence-electron chi connectivity index (χ1n) is 7.09. The molecule has 1 saturated carbocycles. The fourth-order valence-corrected chi connectivity index (χ4v) is 3.22. The van der Waals surface area contributed by atoms with Gasteiger partial charge < -0.3 is 5.32 Å². The van der Waals surface area contributed by atoms with Crippen molar-refractivity contribution >= 4 is 0 Å². The summed E-state index contributed by atoms with van der Waals surface area (Å²) in [5.74, 6) is 1.72. The molecule has 0 aliphatic heterocycles. The monoisotopic (exact) mass is 231 g/mol. The molecule has 0 aromatic heterocycles. The molecular weight excluding hydrogens is 206 g/mol. The van der Waals surface area contributed by atoms with Crippen LogP contribution in [0.15, 0.2) is 30.3 Å². The lowest BCUT2D eigenvalue weighted by atomic mass is 9.76. The second-order valence-corrected chi connectivity index (χ2v) is 5.48. The molecule has 94 valence electrons. The van der Waals surface area contributed by atoms with E-state index in [0.717, 1.165) is 18.4 Å². The first-order chi connectivity index (χ1) is 8.31. The summed E-state index contributed by atoms with van der Waals surface area (Å²) in [7, 11) is 0. The topological polar surface area (TPSA) is 12.0 Å². The lowest BCUT2D eigenvalue weighted by Crippen LogP contribution is -2.31. The molecule has 0 bridgehead atoms. The molecule has 0 amide bonds. The van der Waals surface area contributed by atoms with Crippen molar-refractivity contribution < 1.29 is 0 Å². The summed E-state index contributed by atoms with van der Waals surface area (Å²) in [4.78, 5) is 0. The summed E-state index contributed by atoms with van der Waals surface area (Å²) in [6.45, 7) is 5.67. The van der Waals surface area contributed by atoms with Gasteiger partial charge in [-0.15, -0.1) is 0 Å². The predicted octanol–water partition coefficient (Wildman–Crippen LogP) is 4.16. The van der Waals surface area contributed by atoms with Gasteiger partial charge in [-0.2, -0.15) is 0 Å². The molecule has 0 heterocycles. The fraction of sp³-hybridized carbons (Fsp3) is 0.625. The van der Waals surface area contributed by atoms with E-state index in [-0.39, 0.29) is 0 Å². The number of rotatable bonds is 4. The zero-order chi connectivity index (χ0) is 12.1. The summed E-state index contributed by atoms with van der Waals surface area (Å²) >= 11 is 0. The Labute approximate surface area is 106 Å². The van der Waals surface area contributed by atoms with Crippen LogP contribution in [0.5, 0.6) is 0 Å². The summed E-state index contributed by atoms with van der Waals surface area (Å²) in [6, 6.07) is 11.5. The van der Waals surface area contributed by atoms with Crippen LogP contribution in [0.3, 0.4) is 0 Å². The number of benzene rings is 1. The molecule has 2 rings (SSSR count). The van der Waals surface area contributed by atoms with Crippen LogP contribution in [-0.2, 0) is 0 Å². The average molecular weight is 231 g/mol. The van der Waals surface area contributed by atoms with Crippen molar-refractivity contribution in [3.63, 3.8) is 0 Å². The lowest BCUT2D eigenvalue weighted by molar-refractivity contribution is 0.225. The van der Waals surface area contributed by atoms with Gasteiger partial charge in [0.15, 0.2) is 0 Å². The minimum Gasteiger partial charge on any atom is -0.310 e. The molecule has 1 aromatic carbocycles. The van der Waals surface area contributed by atoms with Crippen molar-refractivity contribution in [2.24, 2.45) is 11.8 Å². The van der Waals surface area contributed by atoms with Crippen LogP contribution in [0.2, 0.25) is 0 Å². The fourth-order valence-electron chi connectivity index (χ4n) is 3.22. The molecular formula is C16H25N. The summed E-state index contributed by atoms with van der Waals surface area (Å²) in [5.41, 5.74) is 1.47. The van der Waals surface area contributed by atoms with Crippen LogP contribution in [-0.4, -0.2) is 6.54 Å². The van der Waals surface area contributed by atoms with E-state index in [4.69, 9.17) is 0 Å². The van der Waals surface area contributed by atoms with E-state index in [1.165, 1.54) is 31.2 Å². The van der Waals surface area contributed by atoms with Crippen LogP contribution in [0.25, 0.3) is 0 Å². The van der Waals surface area contributed by atoms with Crippen LogP contribution >= 0.6 is 0 Å². The number of hydrogen-bond acceptors (Lipinski definition) is 1. The Hall–Kier alpha value is -0.820. The van der Waals surface area contributed by atoms with Crippen molar-refractivity contribution in [3.05, 3.63) is 35.9 Å². The Kier molecular flexibility index (Phi) is 4.61. The van der Waals surface area contributed by atoms with Crippen LogP contribution in [0.1, 0.15) is 51.1 Å². The second kappa shape index (κ2) is 6.20. The Morgan fingerprint density at radius 3 is 2.65 bits per heavy atom. The van der Waals surface area contributed by atoms with E-state index >= 15 is 0 Å². The molecule has 3 atom stereocenters. The van der Waals surface area contributed by atoms with E-state index in [2.05, 4.69) is 49.5 Å². The van der Waals surface area contributed by atoms with Gasteiger partial charge in [0.25, 0.3) is 0 Å². The maximum atomic E-state index is 3.69. The highest BCUT2D eigenvalue weighted by Crippen LogP contribution is 2.36. The average Bonchev–Trinajstić information content (AvgIpc) is 2.37. The largest absolute Gasteiger partial charge is 0.310 e. The molecule has 3 unspecified atom stereocenters. The third kappa shape index (κ3) is 3.32. The first kappa shape index (κ1) is 12.6. The summed E-state index contributed by atoms with van der Waals surface area (Å²) < 4.78 is 0. The highest BCUT2D eigenvalue weighted by atomic mass is 14.9. The van der Waals surface area contributed by atoms with Crippen molar-refractivity contribution in [1.29, 1.82) is 0 Å². The van der Waals surface area contributed by atoms with Crippen LogP contribution in [0, 0.1) is 11.8 Å². The molecule has 1 aliphatic carbocycles. The molecule has 17 heavy (non-hydrogen) atoms. The van der Waals surface area contributed by atoms with E-state index in [1.807, 2.05) is 0 Å². The third-order valence-corrected chi connectivity index (χ3v) is 4.03. The van der Waals surface area contributed by atoms with Gasteiger partial charge >= 0.3 is 0 Å². The lowest BCUT2D eigenvalue weighted by Gasteiger charge is -2.34. The first-order valence-corrected chi connectivity index (χ1v) is 7.09. The van der Waals surface area contributed by atoms with Crippen molar-refractivity contribution in [2.75, 3.05) is 6.54 Å². The smallest absolute Gasteiger partial charge is 0.0348 e. The van der Waals surface area contributed by atoms with Gasteiger partial charge in [-0.1, -0.05) is 57.0 Å². The van der Waals surface area contributed by atoms with Gasteiger partial charge in [-0.25, -0.2) is 0 Å². The zero-order valence-corrected chi connectivity index (χ0v) is 11.2. The van der Waals surface area contributed by atoms with Crippen molar-refractivity contribution in [2.45, 2.75) is 45.6 Å². The SMILES string of the molecule is CCNC(c1ccccc1)C1CCCC(C)C1. The molecule has 0 spiro atoms. The molecule has 1 nitrogen and oxygen atoms in total. The van der Waals surface area contributed by atoms with Gasteiger partial charge in [-0.05, 0) is 36.8 Å². The minimum absolute atomic E-state index is 0.559. The van der Waals surface area contributed by atoms with Crippen LogP contribution in [0.4, 0.5) is 0 Å². The normalized spacial score (nSPS) is 26.7. The van der Waals surface area contributed by atoms with Gasteiger partial charge in [0.1, 0.15) is 0 Å². The van der Waals surface area contributed by atoms with Crippen LogP contribution < -0.4 is 5.32 Å². The quantitative estimate of drug-likeness (QED) is 0.820. The summed E-state index contributed by atoms with van der Waals surface area (Å²) in [6.07, 6.45) is 5.59. The van der Waals surface area contributed by atoms with E-state index < -0.39 is 0 Å². The molecule has 1 N–H and O–H groups in total. The molecule has 1 fully saturated rings. The minimum atomic E-state index is 0.559. The second-order valence-electron chi connectivity index (χ2n) is 5.48. The van der Waals surface area contributed by atoms with E-state index in [1.54, 1.807) is 0 Å². The highest BCUT2D eigenvalue weighted by molar-refractivity contribution is 5.20. The van der Waals surface area contributed by atoms with E-state index in [9.17, 15) is 0 Å². The maximum absolute atomic E-state index is 3.69. The number of nitrogens with one attached hydrogen (secondary N) is 1. The zero-order valence-electron chi connectivity index (χ0n) is 11.2. The third-order valence-electron chi connectivity index (χ3n) is 4.03. The Balaban J connectivity index is 2.11. The van der Waals surface area contributed by atoms with E-state index in [0.29, 0.717) is 6.04 Å². The molecule has 0 saturated heterocycles. The Morgan fingerprint density at radius 2 is 2.00 bits per heavy atom. The highest BCUT2D eigenvalue weighted by Gasteiger charge is 2.26. The van der Waals surface area contributed by atoms with Crippen molar-refractivity contribution in [1.82, 2.24) is 5.32 Å². The van der Waals surface area contributed by atoms with Crippen molar-refractivity contribution in [3.8, 4) is 0 Å². The molecule has 1 heteroatoms. The van der Waals surface area contributed by atoms with Gasteiger partial charge in [0.2, 0.25) is 0 Å². The van der Waals surface area contributed by atoms with Gasteiger partial charge in [0.05, 0.1) is 0 Å². The Morgan fingerprint density at radius 1 is 1.24 bits per heavy atom.